The Balaban J connectivity index is 2.40. The van der Waals surface area contributed by atoms with Crippen LogP contribution in [-0.2, 0) is 6.18 Å². The van der Waals surface area contributed by atoms with E-state index in [-0.39, 0.29) is 0 Å². The number of rotatable bonds is 2. The van der Waals surface area contributed by atoms with E-state index < -0.39 is 18.0 Å². The van der Waals surface area contributed by atoms with Crippen LogP contribution in [0, 0.1) is 0 Å². The Morgan fingerprint density at radius 3 is 2.47 bits per heavy atom. The summed E-state index contributed by atoms with van der Waals surface area (Å²) in [5, 5.41) is 12.9. The molecule has 102 valence electrons. The van der Waals surface area contributed by atoms with Crippen molar-refractivity contribution in [3.63, 3.8) is 0 Å². The van der Waals surface area contributed by atoms with Crippen LogP contribution in [0.4, 0.5) is 13.2 Å². The average Bonchev–Trinajstić information content (AvgIpc) is 2.77. The molecule has 0 spiro atoms. The predicted octanol–water partition coefficient (Wildman–Crippen LogP) is 3.71. The van der Waals surface area contributed by atoms with E-state index in [9.17, 15) is 18.3 Å². The van der Waals surface area contributed by atoms with Gasteiger partial charge < -0.3 is 5.11 Å². The van der Waals surface area contributed by atoms with Crippen molar-refractivity contribution in [2.75, 3.05) is 0 Å². The molecule has 2 rings (SSSR count). The first-order valence-corrected chi connectivity index (χ1v) is 6.19. The molecule has 1 atom stereocenters. The molecule has 2 aromatic rings. The lowest BCUT2D eigenvalue weighted by molar-refractivity contribution is -0.141. The molecule has 7 heteroatoms. The number of halogens is 4. The number of aromatic nitrogens is 2. The van der Waals surface area contributed by atoms with E-state index in [1.165, 1.54) is 6.20 Å². The third kappa shape index (κ3) is 2.98. The molecule has 0 amide bonds. The number of nitrogens with zero attached hydrogens (tertiary/aromatic N) is 2. The maximum absolute atomic E-state index is 12.5. The van der Waals surface area contributed by atoms with Crippen LogP contribution in [0.25, 0.3) is 5.69 Å². The van der Waals surface area contributed by atoms with Crippen molar-refractivity contribution in [3.05, 3.63) is 46.2 Å². The van der Waals surface area contributed by atoms with Gasteiger partial charge >= 0.3 is 6.18 Å². The quantitative estimate of drug-likeness (QED) is 0.909. The molecule has 1 N–H and O–H groups in total. The van der Waals surface area contributed by atoms with Crippen LogP contribution in [0.1, 0.15) is 24.3 Å². The zero-order valence-corrected chi connectivity index (χ0v) is 11.4. The van der Waals surface area contributed by atoms with Crippen LogP contribution in [-0.4, -0.2) is 14.9 Å². The van der Waals surface area contributed by atoms with Crippen LogP contribution in [0.5, 0.6) is 0 Å². The van der Waals surface area contributed by atoms with Crippen molar-refractivity contribution in [3.8, 4) is 5.69 Å². The number of aliphatic hydroxyl groups is 1. The minimum atomic E-state index is -4.46. The first-order chi connectivity index (χ1) is 8.79. The van der Waals surface area contributed by atoms with Gasteiger partial charge in [-0.15, -0.1) is 0 Å². The van der Waals surface area contributed by atoms with Gasteiger partial charge in [-0.1, -0.05) is 6.07 Å². The highest BCUT2D eigenvalue weighted by atomic mass is 79.9. The Morgan fingerprint density at radius 1 is 1.32 bits per heavy atom. The molecule has 0 bridgehead atoms. The van der Waals surface area contributed by atoms with Crippen LogP contribution in [0.15, 0.2) is 34.9 Å². The van der Waals surface area contributed by atoms with Crippen molar-refractivity contribution >= 4 is 15.9 Å². The topological polar surface area (TPSA) is 38.0 Å². The summed E-state index contributed by atoms with van der Waals surface area (Å²) in [6.45, 7) is 1.61. The first-order valence-electron chi connectivity index (χ1n) is 5.40. The third-order valence-electron chi connectivity index (χ3n) is 2.58. The van der Waals surface area contributed by atoms with E-state index in [1.807, 2.05) is 0 Å². The summed E-state index contributed by atoms with van der Waals surface area (Å²) >= 11 is 3.26. The predicted molar refractivity (Wildman–Crippen MR) is 66.9 cm³/mol. The monoisotopic (exact) mass is 334 g/mol. The minimum Gasteiger partial charge on any atom is -0.389 e. The smallest absolute Gasteiger partial charge is 0.389 e. The van der Waals surface area contributed by atoms with Gasteiger partial charge in [-0.2, -0.15) is 18.3 Å². The summed E-state index contributed by atoms with van der Waals surface area (Å²) in [6, 6.07) is 5.79. The van der Waals surface area contributed by atoms with Gasteiger partial charge in [0.2, 0.25) is 0 Å². The van der Waals surface area contributed by atoms with Crippen LogP contribution < -0.4 is 0 Å². The van der Waals surface area contributed by atoms with Crippen LogP contribution >= 0.6 is 15.9 Å². The highest BCUT2D eigenvalue weighted by Crippen LogP contribution is 2.30. The lowest BCUT2D eigenvalue weighted by atomic mass is 10.1. The standard InChI is InChI=1S/C12H10BrF3N2O/c1-7(19)8-2-3-10(9(13)6-8)18-5-4-11(17-18)12(14,15)16/h2-7,19H,1H3. The summed E-state index contributed by atoms with van der Waals surface area (Å²) in [5.41, 5.74) is 0.192. The molecule has 1 aromatic heterocycles. The van der Waals surface area contributed by atoms with E-state index in [2.05, 4.69) is 21.0 Å². The Hall–Kier alpha value is -1.34. The highest BCUT2D eigenvalue weighted by molar-refractivity contribution is 9.10. The molecule has 3 nitrogen and oxygen atoms in total. The van der Waals surface area contributed by atoms with E-state index in [1.54, 1.807) is 25.1 Å². The normalized spacial score (nSPS) is 13.6. The molecule has 0 radical (unpaired) electrons. The van der Waals surface area contributed by atoms with Gasteiger partial charge in [-0.05, 0) is 46.6 Å². The largest absolute Gasteiger partial charge is 0.435 e. The number of hydrogen-bond acceptors (Lipinski definition) is 2. The molecular weight excluding hydrogens is 325 g/mol. The molecule has 1 unspecified atom stereocenters. The molecule has 0 saturated heterocycles. The number of benzene rings is 1. The second-order valence-electron chi connectivity index (χ2n) is 4.03. The number of aliphatic hydroxyl groups excluding tert-OH is 1. The molecule has 0 aliphatic heterocycles. The van der Waals surface area contributed by atoms with Crippen molar-refractivity contribution in [2.24, 2.45) is 0 Å². The van der Waals surface area contributed by atoms with Gasteiger partial charge in [0.05, 0.1) is 11.8 Å². The zero-order valence-electron chi connectivity index (χ0n) is 9.82. The van der Waals surface area contributed by atoms with E-state index >= 15 is 0 Å². The molecule has 19 heavy (non-hydrogen) atoms. The highest BCUT2D eigenvalue weighted by Gasteiger charge is 2.33. The maximum atomic E-state index is 12.5. The van der Waals surface area contributed by atoms with Crippen molar-refractivity contribution in [1.82, 2.24) is 9.78 Å². The summed E-state index contributed by atoms with van der Waals surface area (Å²) < 4.78 is 39.1. The van der Waals surface area contributed by atoms with Gasteiger partial charge in [0, 0.05) is 10.7 Å². The molecule has 1 heterocycles. The van der Waals surface area contributed by atoms with E-state index in [4.69, 9.17) is 0 Å². The van der Waals surface area contributed by atoms with Gasteiger partial charge in [-0.3, -0.25) is 0 Å². The maximum Gasteiger partial charge on any atom is 0.435 e. The number of hydrogen-bond donors (Lipinski definition) is 1. The van der Waals surface area contributed by atoms with Crippen molar-refractivity contribution in [1.29, 1.82) is 0 Å². The lowest BCUT2D eigenvalue weighted by Gasteiger charge is -2.09. The van der Waals surface area contributed by atoms with Gasteiger partial charge in [0.15, 0.2) is 5.69 Å². The average molecular weight is 335 g/mol. The molecule has 0 aliphatic carbocycles. The Morgan fingerprint density at radius 2 is 2.00 bits per heavy atom. The van der Waals surface area contributed by atoms with Gasteiger partial charge in [-0.25, -0.2) is 4.68 Å². The zero-order chi connectivity index (χ0) is 14.2. The fourth-order valence-electron chi connectivity index (χ4n) is 1.58. The third-order valence-corrected chi connectivity index (χ3v) is 3.22. The molecular formula is C12H10BrF3N2O. The SMILES string of the molecule is CC(O)c1ccc(-n2ccc(C(F)(F)F)n2)c(Br)c1. The van der Waals surface area contributed by atoms with Crippen molar-refractivity contribution < 1.29 is 18.3 Å². The summed E-state index contributed by atoms with van der Waals surface area (Å²) in [4.78, 5) is 0. The molecule has 1 aromatic carbocycles. The second kappa shape index (κ2) is 4.97. The number of alkyl halides is 3. The molecule has 0 saturated carbocycles. The molecule has 0 fully saturated rings. The van der Waals surface area contributed by atoms with E-state index in [0.717, 1.165) is 10.7 Å². The minimum absolute atomic E-state index is 0.472. The Labute approximate surface area is 115 Å². The van der Waals surface area contributed by atoms with Crippen molar-refractivity contribution in [2.45, 2.75) is 19.2 Å². The van der Waals surface area contributed by atoms with Crippen LogP contribution in [0.3, 0.4) is 0 Å². The van der Waals surface area contributed by atoms with Gasteiger partial charge in [0.25, 0.3) is 0 Å². The lowest BCUT2D eigenvalue weighted by Crippen LogP contribution is -2.07. The van der Waals surface area contributed by atoms with Crippen LogP contribution in [0.2, 0.25) is 0 Å². The Bertz CT molecular complexity index is 593. The summed E-state index contributed by atoms with van der Waals surface area (Å²) in [5.74, 6) is 0. The first kappa shape index (κ1) is 14.1. The van der Waals surface area contributed by atoms with E-state index in [0.29, 0.717) is 15.7 Å². The fraction of sp³-hybridized carbons (Fsp3) is 0.250. The fourth-order valence-corrected chi connectivity index (χ4v) is 2.16. The second-order valence-corrected chi connectivity index (χ2v) is 4.88. The summed E-state index contributed by atoms with van der Waals surface area (Å²) in [6.07, 6.45) is -3.86. The molecule has 0 aliphatic rings. The Kier molecular flexibility index (Phi) is 3.69. The van der Waals surface area contributed by atoms with Gasteiger partial charge in [0.1, 0.15) is 0 Å². The summed E-state index contributed by atoms with van der Waals surface area (Å²) in [7, 11) is 0.